The molecule has 1 N–H and O–H groups in total. The molecule has 144 valence electrons. The first kappa shape index (κ1) is 21.0. The van der Waals surface area contributed by atoms with Crippen LogP contribution in [0.5, 0.6) is 0 Å². The fourth-order valence-electron chi connectivity index (χ4n) is 3.59. The Morgan fingerprint density at radius 1 is 1.00 bits per heavy atom. The first-order chi connectivity index (χ1) is 12.7. The highest BCUT2D eigenvalue weighted by atomic mass is 16.4. The number of benzene rings is 1. The first-order valence-electron chi connectivity index (χ1n) is 9.75. The Morgan fingerprint density at radius 2 is 1.67 bits per heavy atom. The SMILES string of the molecule is CCC(/C=C/c1ccc2c(c1)C(C)(C)CCC2(C)C)=C\C=C\C=C\C(=O)O. The Labute approximate surface area is 164 Å². The number of carbonyl (C=O) groups is 1. The Hall–Kier alpha value is -2.35. The van der Waals surface area contributed by atoms with Gasteiger partial charge in [-0.15, -0.1) is 0 Å². The van der Waals surface area contributed by atoms with Gasteiger partial charge in [0.25, 0.3) is 0 Å². The molecule has 2 heteroatoms. The van der Waals surface area contributed by atoms with Crippen LogP contribution in [0.2, 0.25) is 0 Å². The van der Waals surface area contributed by atoms with Crippen LogP contribution >= 0.6 is 0 Å². The van der Waals surface area contributed by atoms with Crippen LogP contribution in [0.15, 0.2) is 60.2 Å². The summed E-state index contributed by atoms with van der Waals surface area (Å²) in [4.78, 5) is 10.5. The van der Waals surface area contributed by atoms with E-state index in [1.165, 1.54) is 41.2 Å². The maximum absolute atomic E-state index is 10.5. The molecule has 1 aromatic carbocycles. The summed E-state index contributed by atoms with van der Waals surface area (Å²) in [5.74, 6) is -0.933. The zero-order chi connectivity index (χ0) is 20.1. The van der Waals surface area contributed by atoms with Crippen molar-refractivity contribution in [1.29, 1.82) is 0 Å². The van der Waals surface area contributed by atoms with Gasteiger partial charge in [-0.1, -0.05) is 89.3 Å². The van der Waals surface area contributed by atoms with Gasteiger partial charge in [0.2, 0.25) is 0 Å². The number of allylic oxidation sites excluding steroid dienone is 6. The lowest BCUT2D eigenvalue weighted by Crippen LogP contribution is -2.33. The summed E-state index contributed by atoms with van der Waals surface area (Å²) in [5, 5.41) is 8.58. The van der Waals surface area contributed by atoms with Crippen molar-refractivity contribution in [2.45, 2.75) is 64.7 Å². The topological polar surface area (TPSA) is 37.3 Å². The summed E-state index contributed by atoms with van der Waals surface area (Å²) in [6.45, 7) is 11.5. The van der Waals surface area contributed by atoms with E-state index in [-0.39, 0.29) is 10.8 Å². The van der Waals surface area contributed by atoms with E-state index in [2.05, 4.69) is 65.0 Å². The van der Waals surface area contributed by atoms with Crippen molar-refractivity contribution in [1.82, 2.24) is 0 Å². The summed E-state index contributed by atoms with van der Waals surface area (Å²) in [6, 6.07) is 6.88. The second kappa shape index (κ2) is 8.56. The van der Waals surface area contributed by atoms with E-state index >= 15 is 0 Å². The Kier molecular flexibility index (Phi) is 6.64. The number of aliphatic carboxylic acids is 1. The normalized spacial score (nSPS) is 19.1. The number of rotatable bonds is 6. The van der Waals surface area contributed by atoms with Gasteiger partial charge in [0.05, 0.1) is 0 Å². The van der Waals surface area contributed by atoms with Crippen LogP contribution in [0.25, 0.3) is 6.08 Å². The lowest BCUT2D eigenvalue weighted by molar-refractivity contribution is -0.131. The maximum Gasteiger partial charge on any atom is 0.328 e. The largest absolute Gasteiger partial charge is 0.478 e. The van der Waals surface area contributed by atoms with Crippen LogP contribution in [0, 0.1) is 0 Å². The molecular formula is C25H32O2. The molecule has 0 aliphatic heterocycles. The summed E-state index contributed by atoms with van der Waals surface area (Å²) < 4.78 is 0. The molecule has 1 aromatic rings. The predicted octanol–water partition coefficient (Wildman–Crippen LogP) is 6.58. The molecule has 0 unspecified atom stereocenters. The minimum Gasteiger partial charge on any atom is -0.478 e. The zero-order valence-corrected chi connectivity index (χ0v) is 17.3. The Bertz CT molecular complexity index is 802. The van der Waals surface area contributed by atoms with E-state index in [9.17, 15) is 4.79 Å². The van der Waals surface area contributed by atoms with E-state index in [0.717, 1.165) is 12.5 Å². The van der Waals surface area contributed by atoms with Crippen molar-refractivity contribution < 1.29 is 9.90 Å². The van der Waals surface area contributed by atoms with Crippen molar-refractivity contribution >= 4 is 12.0 Å². The van der Waals surface area contributed by atoms with E-state index in [4.69, 9.17) is 5.11 Å². The van der Waals surface area contributed by atoms with Crippen LogP contribution in [-0.4, -0.2) is 11.1 Å². The van der Waals surface area contributed by atoms with E-state index in [0.29, 0.717) is 0 Å². The van der Waals surface area contributed by atoms with Crippen molar-refractivity contribution in [2.75, 3.05) is 0 Å². The molecule has 0 saturated heterocycles. The predicted molar refractivity (Wildman–Crippen MR) is 115 cm³/mol. The van der Waals surface area contributed by atoms with Crippen molar-refractivity contribution in [3.63, 3.8) is 0 Å². The van der Waals surface area contributed by atoms with Gasteiger partial charge in [-0.25, -0.2) is 4.79 Å². The number of fused-ring (bicyclic) bond motifs is 1. The third-order valence-electron chi connectivity index (χ3n) is 5.55. The highest BCUT2D eigenvalue weighted by Crippen LogP contribution is 2.45. The van der Waals surface area contributed by atoms with Crippen LogP contribution in [0.4, 0.5) is 0 Å². The average molecular weight is 365 g/mol. The third kappa shape index (κ3) is 5.56. The van der Waals surface area contributed by atoms with Gasteiger partial charge in [0, 0.05) is 6.08 Å². The lowest BCUT2D eigenvalue weighted by Gasteiger charge is -2.42. The molecule has 0 saturated carbocycles. The van der Waals surface area contributed by atoms with Crippen molar-refractivity contribution in [2.24, 2.45) is 0 Å². The summed E-state index contributed by atoms with van der Waals surface area (Å²) in [7, 11) is 0. The molecule has 2 rings (SSSR count). The number of hydrogen-bond donors (Lipinski definition) is 1. The fourth-order valence-corrected chi connectivity index (χ4v) is 3.59. The molecular weight excluding hydrogens is 332 g/mol. The quantitative estimate of drug-likeness (QED) is 0.457. The Morgan fingerprint density at radius 3 is 2.30 bits per heavy atom. The minimum absolute atomic E-state index is 0.220. The number of carboxylic acid groups (broad SMARTS) is 1. The highest BCUT2D eigenvalue weighted by Gasteiger charge is 2.36. The first-order valence-corrected chi connectivity index (χ1v) is 9.75. The van der Waals surface area contributed by atoms with Crippen LogP contribution in [-0.2, 0) is 15.6 Å². The Balaban J connectivity index is 2.23. The van der Waals surface area contributed by atoms with Gasteiger partial charge in [0.15, 0.2) is 0 Å². The molecule has 0 radical (unpaired) electrons. The van der Waals surface area contributed by atoms with Gasteiger partial charge in [-0.3, -0.25) is 0 Å². The number of carboxylic acids is 1. The van der Waals surface area contributed by atoms with Crippen molar-refractivity contribution in [3.05, 3.63) is 76.9 Å². The van der Waals surface area contributed by atoms with Gasteiger partial charge >= 0.3 is 5.97 Å². The average Bonchev–Trinajstić information content (AvgIpc) is 2.61. The molecule has 1 aliphatic carbocycles. The van der Waals surface area contributed by atoms with Crippen molar-refractivity contribution in [3.8, 4) is 0 Å². The summed E-state index contributed by atoms with van der Waals surface area (Å²) >= 11 is 0. The molecule has 0 aromatic heterocycles. The minimum atomic E-state index is -0.933. The molecule has 1 aliphatic rings. The van der Waals surface area contributed by atoms with Crippen LogP contribution in [0.1, 0.15) is 70.6 Å². The molecule has 0 spiro atoms. The van der Waals surface area contributed by atoms with Gasteiger partial charge in [-0.05, 0) is 52.4 Å². The van der Waals surface area contributed by atoms with Gasteiger partial charge in [0.1, 0.15) is 0 Å². The molecule has 27 heavy (non-hydrogen) atoms. The molecule has 2 nitrogen and oxygen atoms in total. The maximum atomic E-state index is 10.5. The van der Waals surface area contributed by atoms with E-state index < -0.39 is 5.97 Å². The second-order valence-corrected chi connectivity index (χ2v) is 8.58. The van der Waals surface area contributed by atoms with E-state index in [1.807, 2.05) is 12.2 Å². The fraction of sp³-hybridized carbons (Fsp3) is 0.400. The summed E-state index contributed by atoms with van der Waals surface area (Å²) in [6.07, 6.45) is 16.0. The summed E-state index contributed by atoms with van der Waals surface area (Å²) in [5.41, 5.74) is 5.85. The van der Waals surface area contributed by atoms with E-state index in [1.54, 1.807) is 6.08 Å². The smallest absolute Gasteiger partial charge is 0.328 e. The lowest BCUT2D eigenvalue weighted by atomic mass is 9.63. The van der Waals surface area contributed by atoms with Gasteiger partial charge < -0.3 is 5.11 Å². The van der Waals surface area contributed by atoms with Gasteiger partial charge in [-0.2, -0.15) is 0 Å². The molecule has 0 bridgehead atoms. The standard InChI is InChI=1S/C25H32O2/c1-6-19(10-8-7-9-11-23(26)27)12-13-20-14-15-21-22(18-20)25(4,5)17-16-24(21,2)3/h7-15,18H,6,16-17H2,1-5H3,(H,26,27)/b8-7+,11-9+,13-12+,19-10+. The molecule has 0 atom stereocenters. The number of hydrogen-bond acceptors (Lipinski definition) is 1. The third-order valence-corrected chi connectivity index (χ3v) is 5.55. The van der Waals surface area contributed by atoms with Crippen LogP contribution < -0.4 is 0 Å². The molecule has 0 amide bonds. The highest BCUT2D eigenvalue weighted by molar-refractivity contribution is 5.80. The molecule has 0 heterocycles. The van der Waals surface area contributed by atoms with Crippen LogP contribution in [0.3, 0.4) is 0 Å². The zero-order valence-electron chi connectivity index (χ0n) is 17.3. The second-order valence-electron chi connectivity index (χ2n) is 8.58. The molecule has 0 fully saturated rings. The monoisotopic (exact) mass is 364 g/mol.